The van der Waals surface area contributed by atoms with Gasteiger partial charge in [0.25, 0.3) is 0 Å². The first-order chi connectivity index (χ1) is 9.60. The minimum absolute atomic E-state index is 0.0575. The van der Waals surface area contributed by atoms with Crippen LogP contribution >= 0.6 is 0 Å². The van der Waals surface area contributed by atoms with Crippen LogP contribution in [0.4, 0.5) is 0 Å². The molecule has 1 N–H and O–H groups in total. The van der Waals surface area contributed by atoms with Crippen molar-refractivity contribution in [3.8, 4) is 0 Å². The second-order valence-electron chi connectivity index (χ2n) is 6.42. The van der Waals surface area contributed by atoms with Crippen LogP contribution in [0.5, 0.6) is 0 Å². The first kappa shape index (κ1) is 13.8. The average molecular weight is 273 g/mol. The lowest BCUT2D eigenvalue weighted by Gasteiger charge is -2.55. The number of ether oxygens (including phenoxy) is 1. The van der Waals surface area contributed by atoms with Crippen molar-refractivity contribution in [3.05, 3.63) is 41.7 Å². The molecule has 20 heavy (non-hydrogen) atoms. The lowest BCUT2D eigenvalue weighted by Crippen LogP contribution is -2.53. The van der Waals surface area contributed by atoms with Crippen molar-refractivity contribution in [2.24, 2.45) is 23.2 Å². The van der Waals surface area contributed by atoms with Gasteiger partial charge in [-0.05, 0) is 30.4 Å². The highest BCUT2D eigenvalue weighted by Crippen LogP contribution is 2.55. The molecule has 5 atom stereocenters. The molecule has 3 nitrogen and oxygen atoms in total. The van der Waals surface area contributed by atoms with Crippen LogP contribution in [-0.2, 0) is 4.74 Å². The van der Waals surface area contributed by atoms with Gasteiger partial charge >= 0.3 is 0 Å². The number of nitrogens with zero attached hydrogens (tertiary/aromatic N) is 1. The Bertz CT molecular complexity index is 513. The molecule has 108 valence electrons. The van der Waals surface area contributed by atoms with E-state index in [0.717, 1.165) is 5.56 Å². The van der Waals surface area contributed by atoms with Crippen LogP contribution in [0.25, 0.3) is 0 Å². The van der Waals surface area contributed by atoms with Crippen LogP contribution in [0.3, 0.4) is 0 Å². The maximum absolute atomic E-state index is 9.96. The van der Waals surface area contributed by atoms with Gasteiger partial charge < -0.3 is 9.84 Å². The molecule has 3 rings (SSSR count). The Morgan fingerprint density at radius 1 is 1.45 bits per heavy atom. The smallest absolute Gasteiger partial charge is 0.0907 e. The van der Waals surface area contributed by atoms with Gasteiger partial charge in [0.2, 0.25) is 0 Å². The fraction of sp³-hybridized carbons (Fsp3) is 0.588. The summed E-state index contributed by atoms with van der Waals surface area (Å²) in [4.78, 5) is 4.22. The second kappa shape index (κ2) is 4.97. The third kappa shape index (κ3) is 1.84. The normalized spacial score (nSPS) is 40.3. The molecule has 1 aliphatic heterocycles. The summed E-state index contributed by atoms with van der Waals surface area (Å²) in [5.41, 5.74) is 2.38. The SMILES string of the molecule is CC1=C[C@H](C)[C@@]2(CO)CO[C@H](c3cccnc3)[C@H]1[C@@H]2C. The molecule has 1 aromatic heterocycles. The Morgan fingerprint density at radius 2 is 2.25 bits per heavy atom. The van der Waals surface area contributed by atoms with Crippen molar-refractivity contribution in [2.45, 2.75) is 26.9 Å². The van der Waals surface area contributed by atoms with Gasteiger partial charge in [-0.2, -0.15) is 0 Å². The van der Waals surface area contributed by atoms with E-state index in [0.29, 0.717) is 24.4 Å². The molecule has 0 saturated carbocycles. The summed E-state index contributed by atoms with van der Waals surface area (Å²) in [5.74, 6) is 1.09. The number of allylic oxidation sites excluding steroid dienone is 1. The zero-order valence-corrected chi connectivity index (χ0v) is 12.4. The van der Waals surface area contributed by atoms with E-state index in [1.807, 2.05) is 12.3 Å². The molecule has 0 aromatic carbocycles. The number of aliphatic hydroxyl groups is 1. The molecule has 0 unspecified atom stereocenters. The van der Waals surface area contributed by atoms with Crippen molar-refractivity contribution in [1.82, 2.24) is 4.98 Å². The molecule has 0 amide bonds. The maximum Gasteiger partial charge on any atom is 0.0907 e. The Labute approximate surface area is 120 Å². The van der Waals surface area contributed by atoms with Crippen molar-refractivity contribution in [2.75, 3.05) is 13.2 Å². The Hall–Kier alpha value is -1.19. The standard InChI is InChI=1S/C17H23NO2/c1-11-7-12(2)17(9-19)10-20-16(15(11)13(17)3)14-5-4-6-18-8-14/h4-8,12-13,15-16,19H,9-10H2,1-3H3/t12-,13-,15+,16+,17+/m0/s1. The minimum Gasteiger partial charge on any atom is -0.396 e. The van der Waals surface area contributed by atoms with Crippen LogP contribution < -0.4 is 0 Å². The number of fused-ring (bicyclic) bond motifs is 2. The highest BCUT2D eigenvalue weighted by Gasteiger charge is 2.53. The van der Waals surface area contributed by atoms with Gasteiger partial charge in [-0.1, -0.05) is 31.6 Å². The molecule has 1 saturated heterocycles. The third-order valence-corrected chi connectivity index (χ3v) is 5.56. The second-order valence-corrected chi connectivity index (χ2v) is 6.42. The first-order valence-electron chi connectivity index (χ1n) is 7.41. The number of hydrogen-bond donors (Lipinski definition) is 1. The van der Waals surface area contributed by atoms with Gasteiger partial charge in [-0.25, -0.2) is 0 Å². The minimum atomic E-state index is -0.136. The van der Waals surface area contributed by atoms with Crippen molar-refractivity contribution >= 4 is 0 Å². The van der Waals surface area contributed by atoms with Crippen LogP contribution in [0.2, 0.25) is 0 Å². The van der Waals surface area contributed by atoms with Crippen molar-refractivity contribution in [3.63, 3.8) is 0 Å². The summed E-state index contributed by atoms with van der Waals surface area (Å²) >= 11 is 0. The van der Waals surface area contributed by atoms with Gasteiger partial charge in [-0.15, -0.1) is 0 Å². The van der Waals surface area contributed by atoms with E-state index >= 15 is 0 Å². The fourth-order valence-electron chi connectivity index (χ4n) is 4.13. The molecule has 0 radical (unpaired) electrons. The van der Waals surface area contributed by atoms with Crippen LogP contribution in [0, 0.1) is 23.2 Å². The van der Waals surface area contributed by atoms with Crippen LogP contribution in [-0.4, -0.2) is 23.3 Å². The number of pyridine rings is 1. The predicted molar refractivity (Wildman–Crippen MR) is 78.0 cm³/mol. The Morgan fingerprint density at radius 3 is 2.90 bits per heavy atom. The van der Waals surface area contributed by atoms with E-state index in [-0.39, 0.29) is 18.1 Å². The lowest BCUT2D eigenvalue weighted by atomic mass is 9.56. The number of aromatic nitrogens is 1. The van der Waals surface area contributed by atoms with Gasteiger partial charge in [0.15, 0.2) is 0 Å². The van der Waals surface area contributed by atoms with Gasteiger partial charge in [0.05, 0.1) is 19.3 Å². The molecule has 1 aromatic rings. The molecule has 1 fully saturated rings. The van der Waals surface area contributed by atoms with Crippen LogP contribution in [0.1, 0.15) is 32.4 Å². The van der Waals surface area contributed by atoms with Gasteiger partial charge in [0.1, 0.15) is 0 Å². The molecule has 2 bridgehead atoms. The van der Waals surface area contributed by atoms with E-state index < -0.39 is 0 Å². The topological polar surface area (TPSA) is 42.4 Å². The maximum atomic E-state index is 9.96. The highest BCUT2D eigenvalue weighted by molar-refractivity contribution is 5.26. The average Bonchev–Trinajstić information content (AvgIpc) is 2.46. The molecule has 2 aliphatic rings. The summed E-state index contributed by atoms with van der Waals surface area (Å²) in [6, 6.07) is 4.05. The van der Waals surface area contributed by atoms with Gasteiger partial charge in [0, 0.05) is 23.7 Å². The molecular weight excluding hydrogens is 250 g/mol. The van der Waals surface area contributed by atoms with E-state index in [2.05, 4.69) is 37.9 Å². The van der Waals surface area contributed by atoms with Crippen molar-refractivity contribution in [1.29, 1.82) is 0 Å². The Balaban J connectivity index is 2.02. The largest absolute Gasteiger partial charge is 0.396 e. The summed E-state index contributed by atoms with van der Waals surface area (Å²) < 4.78 is 6.20. The molecule has 1 aliphatic carbocycles. The quantitative estimate of drug-likeness (QED) is 0.842. The van der Waals surface area contributed by atoms with Crippen molar-refractivity contribution < 1.29 is 9.84 Å². The van der Waals surface area contributed by atoms with E-state index in [1.165, 1.54) is 5.57 Å². The van der Waals surface area contributed by atoms with E-state index in [1.54, 1.807) is 6.20 Å². The summed E-state index contributed by atoms with van der Waals surface area (Å²) in [7, 11) is 0. The fourth-order valence-corrected chi connectivity index (χ4v) is 4.13. The van der Waals surface area contributed by atoms with Gasteiger partial charge in [-0.3, -0.25) is 4.98 Å². The first-order valence-corrected chi connectivity index (χ1v) is 7.41. The zero-order chi connectivity index (χ0) is 14.3. The van der Waals surface area contributed by atoms with E-state index in [9.17, 15) is 5.11 Å². The zero-order valence-electron chi connectivity index (χ0n) is 12.4. The summed E-state index contributed by atoms with van der Waals surface area (Å²) in [6.45, 7) is 7.46. The number of rotatable bonds is 2. The highest BCUT2D eigenvalue weighted by atomic mass is 16.5. The summed E-state index contributed by atoms with van der Waals surface area (Å²) in [6.07, 6.45) is 6.07. The number of hydrogen-bond acceptors (Lipinski definition) is 3. The number of aliphatic hydroxyl groups excluding tert-OH is 1. The monoisotopic (exact) mass is 273 g/mol. The molecule has 3 heteroatoms. The molecule has 0 spiro atoms. The molecular formula is C17H23NO2. The molecule has 2 heterocycles. The Kier molecular flexibility index (Phi) is 3.43. The van der Waals surface area contributed by atoms with Crippen LogP contribution in [0.15, 0.2) is 36.2 Å². The van der Waals surface area contributed by atoms with E-state index in [4.69, 9.17) is 4.74 Å². The lowest BCUT2D eigenvalue weighted by molar-refractivity contribution is -0.165. The predicted octanol–water partition coefficient (Wildman–Crippen LogP) is 2.98. The third-order valence-electron chi connectivity index (χ3n) is 5.56. The summed E-state index contributed by atoms with van der Waals surface area (Å²) in [5, 5.41) is 9.96.